The molecule has 0 N–H and O–H groups in total. The van der Waals surface area contributed by atoms with Crippen LogP contribution in [0.1, 0.15) is 16.7 Å². The van der Waals surface area contributed by atoms with Crippen LogP contribution in [0.5, 0.6) is 11.5 Å². The van der Waals surface area contributed by atoms with Gasteiger partial charge in [-0.25, -0.2) is 0 Å². The number of halogens is 2. The van der Waals surface area contributed by atoms with Crippen LogP contribution >= 0.6 is 39.3 Å². The molecule has 1 aromatic heterocycles. The van der Waals surface area contributed by atoms with Gasteiger partial charge in [-0.05, 0) is 59.2 Å². The van der Waals surface area contributed by atoms with Crippen molar-refractivity contribution in [2.45, 2.75) is 17.5 Å². The van der Waals surface area contributed by atoms with Crippen LogP contribution < -0.4 is 9.47 Å². The maximum absolute atomic E-state index is 5.95. The molecule has 0 radical (unpaired) electrons. The van der Waals surface area contributed by atoms with Gasteiger partial charge in [0.1, 0.15) is 12.9 Å². The standard InChI is InChI=1S/C24H20BrClN4O2S/c1-31-23-12-19(6-11-22(23)32-14-17-2-7-20(25)8-3-17)13-28-30-16-27-29-24(30)33-15-18-4-9-21(26)10-5-18/h2-13,16H,14-15H2,1H3/b28-13+. The summed E-state index contributed by atoms with van der Waals surface area (Å²) in [6.45, 7) is 0.450. The fourth-order valence-corrected chi connectivity index (χ4v) is 4.09. The van der Waals surface area contributed by atoms with Crippen molar-refractivity contribution in [3.63, 3.8) is 0 Å². The number of hydrogen-bond acceptors (Lipinski definition) is 6. The van der Waals surface area contributed by atoms with E-state index in [9.17, 15) is 0 Å². The lowest BCUT2D eigenvalue weighted by Gasteiger charge is -2.11. The summed E-state index contributed by atoms with van der Waals surface area (Å²) in [5.41, 5.74) is 3.08. The minimum atomic E-state index is 0.450. The molecule has 33 heavy (non-hydrogen) atoms. The van der Waals surface area contributed by atoms with E-state index in [0.717, 1.165) is 31.9 Å². The van der Waals surface area contributed by atoms with Crippen molar-refractivity contribution in [1.29, 1.82) is 0 Å². The lowest BCUT2D eigenvalue weighted by atomic mass is 10.2. The van der Waals surface area contributed by atoms with Crippen molar-refractivity contribution in [3.8, 4) is 11.5 Å². The number of rotatable bonds is 9. The van der Waals surface area contributed by atoms with E-state index in [1.807, 2.05) is 66.7 Å². The highest BCUT2D eigenvalue weighted by Crippen LogP contribution is 2.29. The molecule has 1 heterocycles. The first kappa shape index (κ1) is 23.4. The predicted molar refractivity (Wildman–Crippen MR) is 135 cm³/mol. The summed E-state index contributed by atoms with van der Waals surface area (Å²) >= 11 is 10.9. The van der Waals surface area contributed by atoms with Crippen LogP contribution in [0.3, 0.4) is 0 Å². The van der Waals surface area contributed by atoms with Gasteiger partial charge in [-0.15, -0.1) is 10.2 Å². The Labute approximate surface area is 209 Å². The number of thioether (sulfide) groups is 1. The van der Waals surface area contributed by atoms with Gasteiger partial charge < -0.3 is 9.47 Å². The summed E-state index contributed by atoms with van der Waals surface area (Å²) in [7, 11) is 1.62. The molecule has 0 bridgehead atoms. The number of ether oxygens (including phenoxy) is 2. The lowest BCUT2D eigenvalue weighted by molar-refractivity contribution is 0.284. The first-order valence-electron chi connectivity index (χ1n) is 9.97. The molecule has 6 nitrogen and oxygen atoms in total. The van der Waals surface area contributed by atoms with Crippen LogP contribution in [-0.2, 0) is 12.4 Å². The Hall–Kier alpha value is -2.81. The highest BCUT2D eigenvalue weighted by atomic mass is 79.9. The molecule has 0 fully saturated rings. The van der Waals surface area contributed by atoms with Crippen molar-refractivity contribution in [2.75, 3.05) is 7.11 Å². The Bertz CT molecular complexity index is 1230. The molecule has 0 saturated heterocycles. The van der Waals surface area contributed by atoms with Gasteiger partial charge in [-0.2, -0.15) is 9.78 Å². The maximum Gasteiger partial charge on any atom is 0.212 e. The zero-order valence-electron chi connectivity index (χ0n) is 17.7. The largest absolute Gasteiger partial charge is 0.493 e. The average molecular weight is 544 g/mol. The number of nitrogens with zero attached hydrogens (tertiary/aromatic N) is 4. The SMILES string of the molecule is COc1cc(/C=N/n2cnnc2SCc2ccc(Cl)cc2)ccc1OCc1ccc(Br)cc1. The van der Waals surface area contributed by atoms with Crippen LogP contribution in [0.4, 0.5) is 0 Å². The third-order valence-electron chi connectivity index (χ3n) is 4.61. The molecule has 0 saturated carbocycles. The molecule has 3 aromatic carbocycles. The van der Waals surface area contributed by atoms with Crippen molar-refractivity contribution < 1.29 is 9.47 Å². The van der Waals surface area contributed by atoms with Crippen molar-refractivity contribution in [3.05, 3.63) is 99.2 Å². The second kappa shape index (κ2) is 11.4. The fourth-order valence-electron chi connectivity index (χ4n) is 2.88. The van der Waals surface area contributed by atoms with Gasteiger partial charge >= 0.3 is 0 Å². The summed E-state index contributed by atoms with van der Waals surface area (Å²) in [4.78, 5) is 0. The Kier molecular flexibility index (Phi) is 8.04. The maximum atomic E-state index is 5.95. The van der Waals surface area contributed by atoms with E-state index in [0.29, 0.717) is 23.3 Å². The third-order valence-corrected chi connectivity index (χ3v) is 6.39. The highest BCUT2D eigenvalue weighted by Gasteiger charge is 2.07. The van der Waals surface area contributed by atoms with Gasteiger partial charge in [0.2, 0.25) is 5.16 Å². The van der Waals surface area contributed by atoms with E-state index in [-0.39, 0.29) is 0 Å². The van der Waals surface area contributed by atoms with Crippen LogP contribution in [0.15, 0.2) is 87.8 Å². The molecule has 0 amide bonds. The smallest absolute Gasteiger partial charge is 0.212 e. The zero-order chi connectivity index (χ0) is 23.0. The van der Waals surface area contributed by atoms with E-state index in [2.05, 4.69) is 31.2 Å². The Morgan fingerprint density at radius 3 is 2.55 bits per heavy atom. The van der Waals surface area contributed by atoms with Crippen molar-refractivity contribution >= 4 is 45.5 Å². The average Bonchev–Trinajstić information content (AvgIpc) is 3.29. The topological polar surface area (TPSA) is 61.5 Å². The van der Waals surface area contributed by atoms with E-state index < -0.39 is 0 Å². The summed E-state index contributed by atoms with van der Waals surface area (Å²) < 4.78 is 14.1. The molecule has 4 aromatic rings. The Balaban J connectivity index is 1.40. The Morgan fingerprint density at radius 2 is 1.79 bits per heavy atom. The number of benzene rings is 3. The van der Waals surface area contributed by atoms with E-state index in [4.69, 9.17) is 21.1 Å². The molecule has 0 aliphatic heterocycles. The lowest BCUT2D eigenvalue weighted by Crippen LogP contribution is -1.99. The minimum Gasteiger partial charge on any atom is -0.493 e. The molecule has 0 atom stereocenters. The highest BCUT2D eigenvalue weighted by molar-refractivity contribution is 9.10. The van der Waals surface area contributed by atoms with Crippen molar-refractivity contribution in [1.82, 2.24) is 14.9 Å². The molecule has 0 unspecified atom stereocenters. The predicted octanol–water partition coefficient (Wildman–Crippen LogP) is 6.46. The molecule has 9 heteroatoms. The van der Waals surface area contributed by atoms with E-state index in [1.165, 1.54) is 0 Å². The van der Waals surface area contributed by atoms with E-state index in [1.54, 1.807) is 36.1 Å². The van der Waals surface area contributed by atoms with Crippen LogP contribution in [0.2, 0.25) is 5.02 Å². The number of hydrogen-bond donors (Lipinski definition) is 0. The van der Waals surface area contributed by atoms with Gasteiger partial charge in [-0.3, -0.25) is 0 Å². The summed E-state index contributed by atoms with van der Waals surface area (Å²) in [5.74, 6) is 2.04. The number of methoxy groups -OCH3 is 1. The quantitative estimate of drug-likeness (QED) is 0.179. The zero-order valence-corrected chi connectivity index (χ0v) is 20.8. The second-order valence-electron chi connectivity index (χ2n) is 6.94. The van der Waals surface area contributed by atoms with Crippen LogP contribution in [0.25, 0.3) is 0 Å². The van der Waals surface area contributed by atoms with Crippen LogP contribution in [-0.4, -0.2) is 28.2 Å². The first-order valence-corrected chi connectivity index (χ1v) is 12.1. The summed E-state index contributed by atoms with van der Waals surface area (Å²) in [6, 6.07) is 21.4. The third kappa shape index (κ3) is 6.60. The van der Waals surface area contributed by atoms with Gasteiger partial charge in [-0.1, -0.05) is 63.6 Å². The van der Waals surface area contributed by atoms with Gasteiger partial charge in [0.05, 0.1) is 13.3 Å². The summed E-state index contributed by atoms with van der Waals surface area (Å²) in [6.07, 6.45) is 3.31. The molecule has 0 aliphatic carbocycles. The molecule has 0 spiro atoms. The molecule has 0 aliphatic rings. The minimum absolute atomic E-state index is 0.450. The van der Waals surface area contributed by atoms with Gasteiger partial charge in [0, 0.05) is 15.2 Å². The molecular weight excluding hydrogens is 524 g/mol. The fraction of sp³-hybridized carbons (Fsp3) is 0.125. The number of aromatic nitrogens is 3. The normalized spacial score (nSPS) is 11.1. The Morgan fingerprint density at radius 1 is 1.03 bits per heavy atom. The first-order chi connectivity index (χ1) is 16.1. The monoisotopic (exact) mass is 542 g/mol. The molecular formula is C24H20BrClN4O2S. The molecule has 4 rings (SSSR count). The van der Waals surface area contributed by atoms with Gasteiger partial charge in [0.15, 0.2) is 11.5 Å². The van der Waals surface area contributed by atoms with Gasteiger partial charge in [0.25, 0.3) is 0 Å². The van der Waals surface area contributed by atoms with Crippen LogP contribution in [0, 0.1) is 0 Å². The van der Waals surface area contributed by atoms with E-state index >= 15 is 0 Å². The molecule has 168 valence electrons. The second-order valence-corrected chi connectivity index (χ2v) is 9.24. The van der Waals surface area contributed by atoms with Crippen molar-refractivity contribution in [2.24, 2.45) is 5.10 Å². The summed E-state index contributed by atoms with van der Waals surface area (Å²) in [5, 5.41) is 14.0.